The van der Waals surface area contributed by atoms with Crippen molar-refractivity contribution in [1.82, 2.24) is 0 Å². The lowest BCUT2D eigenvalue weighted by Gasteiger charge is -2.29. The van der Waals surface area contributed by atoms with Gasteiger partial charge < -0.3 is 14.9 Å². The van der Waals surface area contributed by atoms with Gasteiger partial charge >= 0.3 is 0 Å². The first-order chi connectivity index (χ1) is 8.76. The molecule has 0 aromatic heterocycles. The number of aliphatic hydroxyl groups excluding tert-OH is 2. The van der Waals surface area contributed by atoms with Crippen molar-refractivity contribution in [3.63, 3.8) is 0 Å². The van der Waals surface area contributed by atoms with Crippen molar-refractivity contribution in [2.24, 2.45) is 5.41 Å². The van der Waals surface area contributed by atoms with Crippen LogP contribution in [0.3, 0.4) is 0 Å². The highest BCUT2D eigenvalue weighted by Gasteiger charge is 2.27. The quantitative estimate of drug-likeness (QED) is 0.664. The molecule has 1 aromatic carbocycles. The van der Waals surface area contributed by atoms with Gasteiger partial charge in [-0.2, -0.15) is 0 Å². The molecule has 0 aliphatic carbocycles. The molecule has 0 saturated heterocycles. The van der Waals surface area contributed by atoms with Crippen LogP contribution in [0, 0.1) is 5.41 Å². The molecule has 0 saturated carbocycles. The zero-order chi connectivity index (χ0) is 13.3. The third-order valence-electron chi connectivity index (χ3n) is 3.31. The van der Waals surface area contributed by atoms with Crippen LogP contribution in [0.25, 0.3) is 0 Å². The fourth-order valence-electron chi connectivity index (χ4n) is 2.18. The lowest BCUT2D eigenvalue weighted by atomic mass is 9.81. The van der Waals surface area contributed by atoms with E-state index in [1.54, 1.807) is 0 Å². The monoisotopic (exact) mass is 252 g/mol. The zero-order valence-electron chi connectivity index (χ0n) is 11.1. The van der Waals surface area contributed by atoms with E-state index in [9.17, 15) is 10.2 Å². The van der Waals surface area contributed by atoms with E-state index >= 15 is 0 Å². The van der Waals surface area contributed by atoms with Crippen LogP contribution in [0.5, 0.6) is 5.75 Å². The van der Waals surface area contributed by atoms with Gasteiger partial charge in [0.2, 0.25) is 0 Å². The first kappa shape index (κ1) is 15.0. The standard InChI is InChI=1S/C15H24O3/c1-2-9-15(12-16,13-17)10-6-11-18-14-7-4-3-5-8-14/h3-5,7-8,16-17H,2,6,9-13H2,1H3. The molecular weight excluding hydrogens is 228 g/mol. The topological polar surface area (TPSA) is 49.7 Å². The third-order valence-corrected chi connectivity index (χ3v) is 3.31. The summed E-state index contributed by atoms with van der Waals surface area (Å²) in [6.45, 7) is 2.78. The molecule has 0 radical (unpaired) electrons. The highest BCUT2D eigenvalue weighted by atomic mass is 16.5. The van der Waals surface area contributed by atoms with Crippen molar-refractivity contribution in [3.8, 4) is 5.75 Å². The molecule has 0 spiro atoms. The molecule has 2 N–H and O–H groups in total. The van der Waals surface area contributed by atoms with Crippen molar-refractivity contribution in [2.45, 2.75) is 32.6 Å². The first-order valence-corrected chi connectivity index (χ1v) is 6.66. The molecule has 0 aliphatic rings. The third kappa shape index (κ3) is 4.67. The van der Waals surface area contributed by atoms with Crippen LogP contribution in [-0.2, 0) is 0 Å². The van der Waals surface area contributed by atoms with Crippen LogP contribution in [0.15, 0.2) is 30.3 Å². The molecule has 0 aliphatic heterocycles. The predicted octanol–water partition coefficient (Wildman–Crippen LogP) is 2.62. The van der Waals surface area contributed by atoms with Gasteiger partial charge in [-0.15, -0.1) is 0 Å². The number of ether oxygens (including phenoxy) is 1. The maximum atomic E-state index is 9.42. The summed E-state index contributed by atoms with van der Waals surface area (Å²) in [5.74, 6) is 0.867. The van der Waals surface area contributed by atoms with Crippen molar-refractivity contribution < 1.29 is 14.9 Å². The Balaban J connectivity index is 2.31. The summed E-state index contributed by atoms with van der Waals surface area (Å²) in [6, 6.07) is 9.70. The van der Waals surface area contributed by atoms with E-state index in [0.717, 1.165) is 31.4 Å². The maximum Gasteiger partial charge on any atom is 0.119 e. The number of benzene rings is 1. The van der Waals surface area contributed by atoms with Gasteiger partial charge in [0.1, 0.15) is 5.75 Å². The Hall–Kier alpha value is -1.06. The first-order valence-electron chi connectivity index (χ1n) is 6.66. The largest absolute Gasteiger partial charge is 0.494 e. The van der Waals surface area contributed by atoms with Crippen molar-refractivity contribution in [2.75, 3.05) is 19.8 Å². The predicted molar refractivity (Wildman–Crippen MR) is 72.7 cm³/mol. The Morgan fingerprint density at radius 3 is 2.28 bits per heavy atom. The maximum absolute atomic E-state index is 9.42. The van der Waals surface area contributed by atoms with Gasteiger partial charge in [-0.25, -0.2) is 0 Å². The summed E-state index contributed by atoms with van der Waals surface area (Å²) >= 11 is 0. The van der Waals surface area contributed by atoms with Gasteiger partial charge in [-0.3, -0.25) is 0 Å². The molecule has 18 heavy (non-hydrogen) atoms. The van der Waals surface area contributed by atoms with Crippen LogP contribution in [-0.4, -0.2) is 30.0 Å². The van der Waals surface area contributed by atoms with E-state index in [4.69, 9.17) is 4.74 Å². The van der Waals surface area contributed by atoms with Gasteiger partial charge in [-0.05, 0) is 31.4 Å². The fourth-order valence-corrected chi connectivity index (χ4v) is 2.18. The van der Waals surface area contributed by atoms with Crippen LogP contribution < -0.4 is 4.74 Å². The fraction of sp³-hybridized carbons (Fsp3) is 0.600. The second kappa shape index (κ2) is 8.11. The van der Waals surface area contributed by atoms with E-state index in [2.05, 4.69) is 6.92 Å². The molecule has 102 valence electrons. The number of rotatable bonds is 9. The summed E-state index contributed by atoms with van der Waals surface area (Å²) in [5.41, 5.74) is -0.338. The van der Waals surface area contributed by atoms with Gasteiger partial charge in [0.25, 0.3) is 0 Å². The molecular formula is C15H24O3. The Morgan fingerprint density at radius 2 is 1.72 bits per heavy atom. The molecule has 0 fully saturated rings. The van der Waals surface area contributed by atoms with E-state index in [1.165, 1.54) is 0 Å². The minimum absolute atomic E-state index is 0.0443. The lowest BCUT2D eigenvalue weighted by molar-refractivity contribution is 0.0345. The normalized spacial score (nSPS) is 11.5. The van der Waals surface area contributed by atoms with Crippen LogP contribution in [0.1, 0.15) is 32.6 Å². The van der Waals surface area contributed by atoms with Crippen molar-refractivity contribution >= 4 is 0 Å². The van der Waals surface area contributed by atoms with Gasteiger partial charge in [-0.1, -0.05) is 31.5 Å². The Kier molecular flexibility index (Phi) is 6.76. The van der Waals surface area contributed by atoms with E-state index in [0.29, 0.717) is 6.61 Å². The minimum atomic E-state index is -0.338. The van der Waals surface area contributed by atoms with Crippen molar-refractivity contribution in [3.05, 3.63) is 30.3 Å². The highest BCUT2D eigenvalue weighted by molar-refractivity contribution is 5.20. The van der Waals surface area contributed by atoms with Gasteiger partial charge in [0.15, 0.2) is 0 Å². The zero-order valence-corrected chi connectivity index (χ0v) is 11.1. The van der Waals surface area contributed by atoms with Crippen LogP contribution in [0.2, 0.25) is 0 Å². The highest BCUT2D eigenvalue weighted by Crippen LogP contribution is 2.28. The number of hydrogen-bond donors (Lipinski definition) is 2. The smallest absolute Gasteiger partial charge is 0.119 e. The average Bonchev–Trinajstić information content (AvgIpc) is 2.43. The molecule has 0 amide bonds. The molecule has 0 heterocycles. The molecule has 3 heteroatoms. The summed E-state index contributed by atoms with van der Waals surface area (Å²) in [4.78, 5) is 0. The molecule has 0 bridgehead atoms. The van der Waals surface area contributed by atoms with E-state index in [1.807, 2.05) is 30.3 Å². The number of para-hydroxylation sites is 1. The van der Waals surface area contributed by atoms with E-state index in [-0.39, 0.29) is 18.6 Å². The molecule has 1 aromatic rings. The SMILES string of the molecule is CCCC(CO)(CO)CCCOc1ccccc1. The molecule has 3 nitrogen and oxygen atoms in total. The van der Waals surface area contributed by atoms with Gasteiger partial charge in [0, 0.05) is 5.41 Å². The van der Waals surface area contributed by atoms with Crippen LogP contribution in [0.4, 0.5) is 0 Å². The summed E-state index contributed by atoms with van der Waals surface area (Å²) in [6.07, 6.45) is 3.46. The molecule has 1 rings (SSSR count). The Labute approximate surface area is 109 Å². The second-order valence-corrected chi connectivity index (χ2v) is 4.83. The molecule has 0 unspecified atom stereocenters. The summed E-state index contributed by atoms with van der Waals surface area (Å²) in [7, 11) is 0. The second-order valence-electron chi connectivity index (χ2n) is 4.83. The summed E-state index contributed by atoms with van der Waals surface area (Å²) < 4.78 is 5.61. The minimum Gasteiger partial charge on any atom is -0.494 e. The average molecular weight is 252 g/mol. The molecule has 0 atom stereocenters. The Morgan fingerprint density at radius 1 is 1.06 bits per heavy atom. The van der Waals surface area contributed by atoms with E-state index < -0.39 is 0 Å². The van der Waals surface area contributed by atoms with Crippen molar-refractivity contribution in [1.29, 1.82) is 0 Å². The Bertz CT molecular complexity index is 307. The van der Waals surface area contributed by atoms with Crippen LogP contribution >= 0.6 is 0 Å². The number of hydrogen-bond acceptors (Lipinski definition) is 3. The number of aliphatic hydroxyl groups is 2. The lowest BCUT2D eigenvalue weighted by Crippen LogP contribution is -2.30. The summed E-state index contributed by atoms with van der Waals surface area (Å²) in [5, 5.41) is 18.8. The van der Waals surface area contributed by atoms with Gasteiger partial charge in [0.05, 0.1) is 19.8 Å².